The second-order valence-electron chi connectivity index (χ2n) is 4.26. The monoisotopic (exact) mass is 297 g/mol. The van der Waals surface area contributed by atoms with Crippen LogP contribution in [-0.4, -0.2) is 32.9 Å². The third-order valence-corrected chi connectivity index (χ3v) is 4.63. The fourth-order valence-electron chi connectivity index (χ4n) is 1.72. The Kier molecular flexibility index (Phi) is 5.81. The molecular weight excluding hydrogens is 278 g/mol. The summed E-state index contributed by atoms with van der Waals surface area (Å²) in [4.78, 5) is 1.08. The Balaban J connectivity index is 1.88. The first-order valence-electron chi connectivity index (χ1n) is 6.69. The van der Waals surface area contributed by atoms with Crippen LogP contribution in [0.2, 0.25) is 0 Å². The summed E-state index contributed by atoms with van der Waals surface area (Å²) in [5, 5.41) is 18.1. The van der Waals surface area contributed by atoms with Gasteiger partial charge in [0.25, 0.3) is 0 Å². The van der Waals surface area contributed by atoms with Gasteiger partial charge in [0.1, 0.15) is 9.88 Å². The SMILES string of the molecule is CCCNCCCc1nnc(-c2snnc2CC)s1. The standard InChI is InChI=1S/C12H19N5S2/c1-3-7-13-8-5-6-10-15-16-12(18-10)11-9(4-2)14-17-19-11/h13H,3-8H2,1-2H3. The van der Waals surface area contributed by atoms with E-state index in [0.29, 0.717) is 0 Å². The van der Waals surface area contributed by atoms with Gasteiger partial charge in [0.2, 0.25) is 0 Å². The summed E-state index contributed by atoms with van der Waals surface area (Å²) >= 11 is 3.07. The first-order valence-corrected chi connectivity index (χ1v) is 8.28. The van der Waals surface area contributed by atoms with Gasteiger partial charge in [-0.05, 0) is 43.9 Å². The zero-order valence-corrected chi connectivity index (χ0v) is 13.0. The van der Waals surface area contributed by atoms with Gasteiger partial charge in [-0.3, -0.25) is 0 Å². The van der Waals surface area contributed by atoms with Crippen molar-refractivity contribution in [2.24, 2.45) is 0 Å². The van der Waals surface area contributed by atoms with Gasteiger partial charge in [-0.2, -0.15) is 0 Å². The van der Waals surface area contributed by atoms with Gasteiger partial charge >= 0.3 is 0 Å². The van der Waals surface area contributed by atoms with Gasteiger partial charge in [-0.1, -0.05) is 29.7 Å². The average molecular weight is 297 g/mol. The van der Waals surface area contributed by atoms with E-state index in [2.05, 4.69) is 38.9 Å². The zero-order valence-electron chi connectivity index (χ0n) is 11.3. The quantitative estimate of drug-likeness (QED) is 0.759. The average Bonchev–Trinajstić information content (AvgIpc) is 3.06. The number of aryl methyl sites for hydroxylation is 2. The molecule has 2 heterocycles. The van der Waals surface area contributed by atoms with Crippen LogP contribution in [0.4, 0.5) is 0 Å². The van der Waals surface area contributed by atoms with Crippen molar-refractivity contribution in [1.29, 1.82) is 0 Å². The van der Waals surface area contributed by atoms with E-state index in [0.717, 1.165) is 52.9 Å². The maximum absolute atomic E-state index is 4.26. The van der Waals surface area contributed by atoms with E-state index in [-0.39, 0.29) is 0 Å². The molecule has 0 aliphatic heterocycles. The first kappa shape index (κ1) is 14.5. The number of rotatable bonds is 8. The first-order chi connectivity index (χ1) is 9.35. The maximum atomic E-state index is 4.26. The molecule has 19 heavy (non-hydrogen) atoms. The van der Waals surface area contributed by atoms with Gasteiger partial charge in [0.15, 0.2) is 5.01 Å². The van der Waals surface area contributed by atoms with Gasteiger partial charge in [0.05, 0.1) is 5.69 Å². The lowest BCUT2D eigenvalue weighted by atomic mass is 10.3. The van der Waals surface area contributed by atoms with Crippen LogP contribution in [0.5, 0.6) is 0 Å². The minimum absolute atomic E-state index is 0.891. The highest BCUT2D eigenvalue weighted by atomic mass is 32.1. The minimum Gasteiger partial charge on any atom is -0.317 e. The normalized spacial score (nSPS) is 11.1. The number of nitrogens with one attached hydrogen (secondary N) is 1. The van der Waals surface area contributed by atoms with E-state index in [1.54, 1.807) is 11.3 Å². The molecule has 0 bridgehead atoms. The largest absolute Gasteiger partial charge is 0.317 e. The van der Waals surface area contributed by atoms with Gasteiger partial charge in [-0.25, -0.2) is 0 Å². The molecule has 0 unspecified atom stereocenters. The second kappa shape index (κ2) is 7.62. The highest BCUT2D eigenvalue weighted by Gasteiger charge is 2.13. The molecule has 0 radical (unpaired) electrons. The van der Waals surface area contributed by atoms with Crippen molar-refractivity contribution in [3.63, 3.8) is 0 Å². The van der Waals surface area contributed by atoms with Crippen LogP contribution >= 0.6 is 22.9 Å². The second-order valence-corrected chi connectivity index (χ2v) is 6.07. The van der Waals surface area contributed by atoms with Gasteiger partial charge in [-0.15, -0.1) is 15.3 Å². The Bertz CT molecular complexity index is 494. The molecule has 1 N–H and O–H groups in total. The van der Waals surface area contributed by atoms with E-state index in [1.807, 2.05) is 0 Å². The van der Waals surface area contributed by atoms with Crippen molar-refractivity contribution in [2.75, 3.05) is 13.1 Å². The fraction of sp³-hybridized carbons (Fsp3) is 0.667. The summed E-state index contributed by atoms with van der Waals surface area (Å²) in [5.41, 5.74) is 1.03. The molecule has 0 aliphatic carbocycles. The topological polar surface area (TPSA) is 63.6 Å². The van der Waals surface area contributed by atoms with Gasteiger partial charge in [0, 0.05) is 6.42 Å². The molecule has 0 saturated heterocycles. The third kappa shape index (κ3) is 4.02. The smallest absolute Gasteiger partial charge is 0.161 e. The Morgan fingerprint density at radius 2 is 2.00 bits per heavy atom. The van der Waals surface area contributed by atoms with E-state index in [4.69, 9.17) is 0 Å². The number of hydrogen-bond donors (Lipinski definition) is 1. The molecule has 104 valence electrons. The molecule has 5 nitrogen and oxygen atoms in total. The summed E-state index contributed by atoms with van der Waals surface area (Å²) in [7, 11) is 0. The Hall–Kier alpha value is -0.920. The molecule has 0 saturated carbocycles. The van der Waals surface area contributed by atoms with Crippen molar-refractivity contribution in [2.45, 2.75) is 39.5 Å². The fourth-order valence-corrected chi connectivity index (χ4v) is 3.43. The Labute approximate surface area is 121 Å². The zero-order chi connectivity index (χ0) is 13.5. The summed E-state index contributed by atoms with van der Waals surface area (Å²) in [6.45, 7) is 6.40. The summed E-state index contributed by atoms with van der Waals surface area (Å²) in [6.07, 6.45) is 4.17. The number of hydrogen-bond acceptors (Lipinski definition) is 7. The van der Waals surface area contributed by atoms with Crippen molar-refractivity contribution in [3.8, 4) is 9.88 Å². The van der Waals surface area contributed by atoms with Crippen molar-refractivity contribution >= 4 is 22.9 Å². The van der Waals surface area contributed by atoms with Crippen LogP contribution in [0.25, 0.3) is 9.88 Å². The molecule has 7 heteroatoms. The predicted octanol–water partition coefficient (Wildman–Crippen LogP) is 2.55. The van der Waals surface area contributed by atoms with Crippen LogP contribution in [-0.2, 0) is 12.8 Å². The summed E-state index contributed by atoms with van der Waals surface area (Å²) < 4.78 is 4.00. The number of nitrogens with zero attached hydrogens (tertiary/aromatic N) is 4. The molecule has 0 amide bonds. The molecule has 2 rings (SSSR count). The third-order valence-electron chi connectivity index (χ3n) is 2.72. The summed E-state index contributed by atoms with van der Waals surface area (Å²) in [6, 6.07) is 0. The van der Waals surface area contributed by atoms with Crippen LogP contribution in [0.1, 0.15) is 37.4 Å². The lowest BCUT2D eigenvalue weighted by Gasteiger charge is -1.99. The molecule has 2 aromatic rings. The molecule has 0 aromatic carbocycles. The van der Waals surface area contributed by atoms with Gasteiger partial charge < -0.3 is 5.32 Å². The van der Waals surface area contributed by atoms with Crippen LogP contribution in [0.3, 0.4) is 0 Å². The minimum atomic E-state index is 0.891. The number of aromatic nitrogens is 4. The van der Waals surface area contributed by atoms with Crippen LogP contribution in [0, 0.1) is 0 Å². The van der Waals surface area contributed by atoms with E-state index in [9.17, 15) is 0 Å². The lowest BCUT2D eigenvalue weighted by molar-refractivity contribution is 0.637. The van der Waals surface area contributed by atoms with Crippen molar-refractivity contribution < 1.29 is 0 Å². The molecule has 2 aromatic heterocycles. The highest BCUT2D eigenvalue weighted by molar-refractivity contribution is 7.19. The lowest BCUT2D eigenvalue weighted by Crippen LogP contribution is -2.16. The molecule has 0 atom stereocenters. The highest BCUT2D eigenvalue weighted by Crippen LogP contribution is 2.29. The molecular formula is C12H19N5S2. The van der Waals surface area contributed by atoms with E-state index < -0.39 is 0 Å². The predicted molar refractivity (Wildman–Crippen MR) is 79.7 cm³/mol. The van der Waals surface area contributed by atoms with Crippen molar-refractivity contribution in [3.05, 3.63) is 10.7 Å². The van der Waals surface area contributed by atoms with E-state index in [1.165, 1.54) is 18.0 Å². The molecule has 0 fully saturated rings. The van der Waals surface area contributed by atoms with E-state index >= 15 is 0 Å². The van der Waals surface area contributed by atoms with Crippen LogP contribution < -0.4 is 5.32 Å². The van der Waals surface area contributed by atoms with Crippen LogP contribution in [0.15, 0.2) is 0 Å². The molecule has 0 aliphatic rings. The van der Waals surface area contributed by atoms with Crippen molar-refractivity contribution in [1.82, 2.24) is 25.1 Å². The molecule has 0 spiro atoms. The Morgan fingerprint density at radius 3 is 2.79 bits per heavy atom. The Morgan fingerprint density at radius 1 is 1.11 bits per heavy atom. The summed E-state index contributed by atoms with van der Waals surface area (Å²) in [5.74, 6) is 0. The maximum Gasteiger partial charge on any atom is 0.161 e.